The zero-order valence-electron chi connectivity index (χ0n) is 18.2. The minimum atomic E-state index is 0.0104. The Morgan fingerprint density at radius 3 is 2.32 bits per heavy atom. The second kappa shape index (κ2) is 9.79. The third-order valence-corrected chi connectivity index (χ3v) is 7.06. The second-order valence-electron chi connectivity index (χ2n) is 8.50. The van der Waals surface area contributed by atoms with Crippen LogP contribution in [0, 0.1) is 5.92 Å². The highest BCUT2D eigenvalue weighted by Gasteiger charge is 2.33. The lowest BCUT2D eigenvalue weighted by Gasteiger charge is -2.39. The molecule has 1 aromatic heterocycles. The molecule has 5 nitrogen and oxygen atoms in total. The van der Waals surface area contributed by atoms with Gasteiger partial charge in [0.1, 0.15) is 0 Å². The fourth-order valence-corrected chi connectivity index (χ4v) is 5.34. The Bertz CT molecular complexity index is 921. The molecule has 2 aliphatic rings. The van der Waals surface area contributed by atoms with Gasteiger partial charge in [-0.3, -0.25) is 9.59 Å². The number of hydrogen-bond acceptors (Lipinski definition) is 4. The molecule has 0 radical (unpaired) electrons. The maximum atomic E-state index is 12.9. The summed E-state index contributed by atoms with van der Waals surface area (Å²) in [7, 11) is 0. The molecule has 2 unspecified atom stereocenters. The number of thiophene rings is 1. The molecule has 3 heterocycles. The van der Waals surface area contributed by atoms with Crippen LogP contribution in [-0.2, 0) is 14.3 Å². The number of morpholine rings is 1. The van der Waals surface area contributed by atoms with Crippen LogP contribution in [0.15, 0.2) is 48.5 Å². The van der Waals surface area contributed by atoms with E-state index in [0.717, 1.165) is 17.7 Å². The summed E-state index contributed by atoms with van der Waals surface area (Å²) in [6.45, 7) is 6.62. The first kappa shape index (κ1) is 21.8. The largest absolute Gasteiger partial charge is 0.372 e. The van der Waals surface area contributed by atoms with Gasteiger partial charge < -0.3 is 14.5 Å². The van der Waals surface area contributed by atoms with Gasteiger partial charge in [-0.1, -0.05) is 30.3 Å². The molecule has 0 spiro atoms. The van der Waals surface area contributed by atoms with E-state index in [1.54, 1.807) is 17.4 Å². The van der Waals surface area contributed by atoms with E-state index in [-0.39, 0.29) is 29.9 Å². The first-order chi connectivity index (χ1) is 15.0. The van der Waals surface area contributed by atoms with E-state index >= 15 is 0 Å². The Hall–Kier alpha value is -2.44. The quantitative estimate of drug-likeness (QED) is 0.669. The molecule has 6 heteroatoms. The van der Waals surface area contributed by atoms with Crippen molar-refractivity contribution in [2.45, 2.75) is 38.9 Å². The van der Waals surface area contributed by atoms with E-state index < -0.39 is 0 Å². The number of benzene rings is 1. The monoisotopic (exact) mass is 438 g/mol. The average Bonchev–Trinajstić information content (AvgIpc) is 3.26. The summed E-state index contributed by atoms with van der Waals surface area (Å²) in [4.78, 5) is 31.6. The lowest BCUT2D eigenvalue weighted by atomic mass is 9.94. The number of carbonyl (C=O) groups excluding carboxylic acids is 2. The average molecular weight is 439 g/mol. The van der Waals surface area contributed by atoms with E-state index in [1.807, 2.05) is 54.0 Å². The summed E-state index contributed by atoms with van der Waals surface area (Å²) in [5.74, 6) is 0.252. The van der Waals surface area contributed by atoms with E-state index in [1.165, 1.54) is 10.4 Å². The van der Waals surface area contributed by atoms with Gasteiger partial charge in [-0.15, -0.1) is 11.3 Å². The van der Waals surface area contributed by atoms with Gasteiger partial charge in [0, 0.05) is 47.9 Å². The molecule has 0 N–H and O–H groups in total. The fraction of sp³-hybridized carbons (Fsp3) is 0.440. The lowest BCUT2D eigenvalue weighted by molar-refractivity contribution is -0.149. The number of ether oxygens (including phenoxy) is 1. The molecule has 2 aliphatic heterocycles. The smallest absolute Gasteiger partial charge is 0.246 e. The molecule has 164 valence electrons. The zero-order chi connectivity index (χ0) is 21.8. The topological polar surface area (TPSA) is 49.9 Å². The van der Waals surface area contributed by atoms with Gasteiger partial charge in [0.2, 0.25) is 11.8 Å². The zero-order valence-corrected chi connectivity index (χ0v) is 19.0. The number of likely N-dealkylation sites (tertiary alicyclic amines) is 1. The first-order valence-electron chi connectivity index (χ1n) is 11.1. The van der Waals surface area contributed by atoms with Gasteiger partial charge in [0.15, 0.2) is 0 Å². The van der Waals surface area contributed by atoms with Crippen LogP contribution >= 0.6 is 11.3 Å². The van der Waals surface area contributed by atoms with Crippen molar-refractivity contribution >= 4 is 29.2 Å². The predicted molar refractivity (Wildman–Crippen MR) is 125 cm³/mol. The predicted octanol–water partition coefficient (Wildman–Crippen LogP) is 4.30. The van der Waals surface area contributed by atoms with Crippen molar-refractivity contribution in [1.29, 1.82) is 0 Å². The van der Waals surface area contributed by atoms with Gasteiger partial charge >= 0.3 is 0 Å². The summed E-state index contributed by atoms with van der Waals surface area (Å²) in [5.41, 5.74) is 1.19. The van der Waals surface area contributed by atoms with Gasteiger partial charge in [-0.25, -0.2) is 0 Å². The summed E-state index contributed by atoms with van der Waals surface area (Å²) < 4.78 is 5.74. The van der Waals surface area contributed by atoms with Crippen molar-refractivity contribution in [2.24, 2.45) is 5.92 Å². The third-order valence-electron chi connectivity index (χ3n) is 5.96. The molecule has 2 amide bonds. The third kappa shape index (κ3) is 5.43. The van der Waals surface area contributed by atoms with Gasteiger partial charge in [-0.05, 0) is 50.5 Å². The number of hydrogen-bond donors (Lipinski definition) is 0. The van der Waals surface area contributed by atoms with Crippen LogP contribution in [0.3, 0.4) is 0 Å². The summed E-state index contributed by atoms with van der Waals surface area (Å²) in [5, 5.41) is 0. The number of amides is 2. The van der Waals surface area contributed by atoms with Crippen LogP contribution in [-0.4, -0.2) is 60.0 Å². The summed E-state index contributed by atoms with van der Waals surface area (Å²) in [6.07, 6.45) is 5.19. The van der Waals surface area contributed by atoms with Gasteiger partial charge in [-0.2, -0.15) is 0 Å². The highest BCUT2D eigenvalue weighted by Crippen LogP contribution is 2.29. The molecule has 31 heavy (non-hydrogen) atoms. The van der Waals surface area contributed by atoms with Crippen LogP contribution < -0.4 is 0 Å². The molecule has 2 aromatic rings. The molecule has 0 aliphatic carbocycles. The highest BCUT2D eigenvalue weighted by atomic mass is 32.1. The summed E-state index contributed by atoms with van der Waals surface area (Å²) >= 11 is 1.68. The Kier molecular flexibility index (Phi) is 6.88. The Morgan fingerprint density at radius 2 is 1.65 bits per heavy atom. The molecular formula is C25H30N2O3S. The number of rotatable bonds is 4. The minimum absolute atomic E-state index is 0.0104. The van der Waals surface area contributed by atoms with Crippen LogP contribution in [0.25, 0.3) is 16.5 Å². The van der Waals surface area contributed by atoms with Crippen LogP contribution in [0.1, 0.15) is 31.6 Å². The molecule has 2 fully saturated rings. The molecular weight excluding hydrogens is 408 g/mol. The molecule has 0 saturated carbocycles. The lowest BCUT2D eigenvalue weighted by Crippen LogP contribution is -2.51. The van der Waals surface area contributed by atoms with Crippen LogP contribution in [0.2, 0.25) is 0 Å². The van der Waals surface area contributed by atoms with Crippen LogP contribution in [0.5, 0.6) is 0 Å². The summed E-state index contributed by atoms with van der Waals surface area (Å²) in [6, 6.07) is 14.4. The number of piperidine rings is 1. The highest BCUT2D eigenvalue weighted by molar-refractivity contribution is 7.16. The molecule has 2 atom stereocenters. The maximum Gasteiger partial charge on any atom is 0.246 e. The number of nitrogens with zero attached hydrogens (tertiary/aromatic N) is 2. The van der Waals surface area contributed by atoms with Crippen molar-refractivity contribution < 1.29 is 14.3 Å². The standard InChI is InChI=1S/C25H30N2O3S/c1-18-16-27(17-19(2)30-18)25(29)21-12-14-26(15-13-21)24(28)11-9-22-8-10-23(31-22)20-6-4-3-5-7-20/h3-11,18-19,21H,12-17H2,1-2H3/b11-9+. The van der Waals surface area contributed by atoms with E-state index in [4.69, 9.17) is 4.74 Å². The molecule has 4 rings (SSSR count). The molecule has 2 saturated heterocycles. The van der Waals surface area contributed by atoms with Crippen LogP contribution in [0.4, 0.5) is 0 Å². The van der Waals surface area contributed by atoms with Crippen molar-refractivity contribution in [3.8, 4) is 10.4 Å². The normalized spacial score (nSPS) is 22.8. The first-order valence-corrected chi connectivity index (χ1v) is 11.9. The Morgan fingerprint density at radius 1 is 0.968 bits per heavy atom. The molecule has 0 bridgehead atoms. The number of carbonyl (C=O) groups is 2. The van der Waals surface area contributed by atoms with Crippen molar-refractivity contribution in [3.63, 3.8) is 0 Å². The van der Waals surface area contributed by atoms with Gasteiger partial charge in [0.25, 0.3) is 0 Å². The van der Waals surface area contributed by atoms with Crippen molar-refractivity contribution in [2.75, 3.05) is 26.2 Å². The van der Waals surface area contributed by atoms with Crippen molar-refractivity contribution in [3.05, 3.63) is 53.4 Å². The maximum absolute atomic E-state index is 12.9. The second-order valence-corrected chi connectivity index (χ2v) is 9.62. The Labute approximate surface area is 188 Å². The van der Waals surface area contributed by atoms with E-state index in [2.05, 4.69) is 18.2 Å². The van der Waals surface area contributed by atoms with Gasteiger partial charge in [0.05, 0.1) is 12.2 Å². The molecule has 1 aromatic carbocycles. The van der Waals surface area contributed by atoms with E-state index in [0.29, 0.717) is 26.2 Å². The van der Waals surface area contributed by atoms with E-state index in [9.17, 15) is 9.59 Å². The minimum Gasteiger partial charge on any atom is -0.372 e. The fourth-order valence-electron chi connectivity index (χ4n) is 4.42. The SMILES string of the molecule is CC1CN(C(=O)C2CCN(C(=O)/C=C/c3ccc(-c4ccccc4)s3)CC2)CC(C)O1. The van der Waals surface area contributed by atoms with Crippen molar-refractivity contribution in [1.82, 2.24) is 9.80 Å². The Balaban J connectivity index is 1.28.